The third kappa shape index (κ3) is 4.98. The molecule has 0 saturated heterocycles. The monoisotopic (exact) mass is 616 g/mol. The van der Waals surface area contributed by atoms with E-state index in [1.54, 1.807) is 24.8 Å². The molecular formula is C40H24N8. The summed E-state index contributed by atoms with van der Waals surface area (Å²) < 4.78 is 0. The summed E-state index contributed by atoms with van der Waals surface area (Å²) in [7, 11) is 0. The fourth-order valence-electron chi connectivity index (χ4n) is 5.93. The Morgan fingerprint density at radius 2 is 0.833 bits per heavy atom. The Morgan fingerprint density at radius 1 is 0.396 bits per heavy atom. The third-order valence-electron chi connectivity index (χ3n) is 8.35. The molecule has 1 aliphatic heterocycles. The molecule has 2 aromatic carbocycles. The molecule has 8 heteroatoms. The van der Waals surface area contributed by atoms with Gasteiger partial charge in [0.1, 0.15) is 22.8 Å². The Labute approximate surface area is 275 Å². The number of benzene rings is 2. The van der Waals surface area contributed by atoms with E-state index in [0.717, 1.165) is 55.4 Å². The van der Waals surface area contributed by atoms with Crippen molar-refractivity contribution in [3.63, 3.8) is 0 Å². The van der Waals surface area contributed by atoms with E-state index in [4.69, 9.17) is 29.9 Å². The fourth-order valence-corrected chi connectivity index (χ4v) is 5.93. The molecule has 0 fully saturated rings. The molecule has 48 heavy (non-hydrogen) atoms. The number of aromatic nitrogens is 6. The van der Waals surface area contributed by atoms with Crippen LogP contribution in [0.15, 0.2) is 156 Å². The first-order valence-corrected chi connectivity index (χ1v) is 15.5. The van der Waals surface area contributed by atoms with Gasteiger partial charge in [-0.15, -0.1) is 0 Å². The van der Waals surface area contributed by atoms with Crippen molar-refractivity contribution in [1.29, 1.82) is 0 Å². The fraction of sp³-hybridized carbons (Fsp3) is 0. The predicted molar refractivity (Wildman–Crippen MR) is 189 cm³/mol. The molecule has 224 valence electrons. The van der Waals surface area contributed by atoms with Crippen LogP contribution >= 0.6 is 0 Å². The molecule has 0 unspecified atom stereocenters. The molecular weight excluding hydrogens is 592 g/mol. The van der Waals surface area contributed by atoms with Gasteiger partial charge in [-0.05, 0) is 72.8 Å². The first-order valence-electron chi connectivity index (χ1n) is 15.5. The summed E-state index contributed by atoms with van der Waals surface area (Å²) in [6.07, 6.45) is 10.7. The molecule has 0 amide bonds. The molecule has 8 aromatic rings. The number of nitrogens with zero attached hydrogens (tertiary/aromatic N) is 8. The molecule has 0 radical (unpaired) electrons. The summed E-state index contributed by atoms with van der Waals surface area (Å²) in [6.45, 7) is 0. The first-order chi connectivity index (χ1) is 23.8. The number of hydrogen-bond acceptors (Lipinski definition) is 8. The highest BCUT2D eigenvalue weighted by Gasteiger charge is 2.24. The highest BCUT2D eigenvalue weighted by atomic mass is 14.9. The van der Waals surface area contributed by atoms with Crippen molar-refractivity contribution >= 4 is 44.6 Å². The summed E-state index contributed by atoms with van der Waals surface area (Å²) in [5.74, 6) is 0. The minimum absolute atomic E-state index is 0.657. The second-order valence-corrected chi connectivity index (χ2v) is 11.4. The summed E-state index contributed by atoms with van der Waals surface area (Å²) >= 11 is 0. The maximum Gasteiger partial charge on any atom is 0.116 e. The second-order valence-electron chi connectivity index (χ2n) is 11.4. The van der Waals surface area contributed by atoms with Crippen molar-refractivity contribution in [2.45, 2.75) is 0 Å². The van der Waals surface area contributed by atoms with Gasteiger partial charge in [-0.25, -0.2) is 20.0 Å². The van der Waals surface area contributed by atoms with Crippen LogP contribution in [0.2, 0.25) is 0 Å². The Hall–Kier alpha value is -6.80. The van der Waals surface area contributed by atoms with Crippen LogP contribution in [0.3, 0.4) is 0 Å². The molecule has 0 saturated carbocycles. The van der Waals surface area contributed by atoms with Crippen molar-refractivity contribution in [2.24, 2.45) is 9.98 Å². The van der Waals surface area contributed by atoms with Gasteiger partial charge in [-0.2, -0.15) is 0 Å². The molecule has 1 aliphatic rings. The van der Waals surface area contributed by atoms with Gasteiger partial charge in [0.15, 0.2) is 0 Å². The SMILES string of the molecule is c1ccc2nc3c(cc2c1)/N=C(/c1ccc(-c2ccncc2)nc1)c1nc2ccccc2cc1/N=C\3c1ccc(-c2ccncc2)nc1. The van der Waals surface area contributed by atoms with E-state index in [1.165, 1.54) is 0 Å². The van der Waals surface area contributed by atoms with E-state index in [2.05, 4.69) is 22.1 Å². The molecule has 6 aromatic heterocycles. The minimum atomic E-state index is 0.657. The highest BCUT2D eigenvalue weighted by molar-refractivity contribution is 6.22. The Bertz CT molecular complexity index is 2350. The van der Waals surface area contributed by atoms with Gasteiger partial charge in [0, 0.05) is 70.2 Å². The second kappa shape index (κ2) is 11.5. The Balaban J connectivity index is 1.29. The quantitative estimate of drug-likeness (QED) is 0.197. The van der Waals surface area contributed by atoms with Crippen LogP contribution in [0.5, 0.6) is 0 Å². The number of para-hydroxylation sites is 2. The molecule has 0 aliphatic carbocycles. The lowest BCUT2D eigenvalue weighted by Gasteiger charge is -2.18. The summed E-state index contributed by atoms with van der Waals surface area (Å²) in [5.41, 5.74) is 11.0. The van der Waals surface area contributed by atoms with Gasteiger partial charge in [0.05, 0.1) is 33.8 Å². The molecule has 8 nitrogen and oxygen atoms in total. The van der Waals surface area contributed by atoms with Crippen LogP contribution in [0.25, 0.3) is 44.3 Å². The topological polar surface area (TPSA) is 102 Å². The number of hydrogen-bond donors (Lipinski definition) is 0. The van der Waals surface area contributed by atoms with Crippen LogP contribution in [0.4, 0.5) is 11.4 Å². The standard InChI is InChI=1S/C40H24N8/c1-3-7-33-27(5-1)21-35-39(45-33)37(29-9-11-31(43-23-29)25-13-17-41-18-14-25)48-36-22-28-6-2-4-8-34(28)46-40(36)38(47-35)30-10-12-32(44-24-30)26-15-19-42-20-16-26/h1-24H/b39-37?,40-38?,47-35?,47-38-,48-36?,48-37-. The third-order valence-corrected chi connectivity index (χ3v) is 8.35. The summed E-state index contributed by atoms with van der Waals surface area (Å²) in [4.78, 5) is 38.9. The van der Waals surface area contributed by atoms with Gasteiger partial charge in [-0.1, -0.05) is 36.4 Å². The zero-order valence-electron chi connectivity index (χ0n) is 25.4. The highest BCUT2D eigenvalue weighted by Crippen LogP contribution is 2.35. The average Bonchev–Trinajstić information content (AvgIpc) is 3.16. The maximum atomic E-state index is 5.34. The van der Waals surface area contributed by atoms with E-state index in [0.29, 0.717) is 34.2 Å². The number of fused-ring (bicyclic) bond motifs is 4. The molecule has 7 heterocycles. The predicted octanol–water partition coefficient (Wildman–Crippen LogP) is 8.35. The van der Waals surface area contributed by atoms with Gasteiger partial charge in [-0.3, -0.25) is 19.9 Å². The van der Waals surface area contributed by atoms with Gasteiger partial charge in [0.2, 0.25) is 0 Å². The van der Waals surface area contributed by atoms with Crippen molar-refractivity contribution in [1.82, 2.24) is 29.9 Å². The lowest BCUT2D eigenvalue weighted by molar-refractivity contribution is 1.24. The molecule has 0 bridgehead atoms. The normalized spacial score (nSPS) is 14.6. The van der Waals surface area contributed by atoms with Crippen LogP contribution in [-0.2, 0) is 0 Å². The lowest BCUT2D eigenvalue weighted by Crippen LogP contribution is -2.13. The zero-order chi connectivity index (χ0) is 31.9. The number of pyridine rings is 6. The van der Waals surface area contributed by atoms with E-state index in [-0.39, 0.29) is 0 Å². The van der Waals surface area contributed by atoms with Gasteiger partial charge in [0.25, 0.3) is 0 Å². The summed E-state index contributed by atoms with van der Waals surface area (Å²) in [6, 6.07) is 36.1. The number of aliphatic imine (C=N–C) groups is 2. The smallest absolute Gasteiger partial charge is 0.116 e. The van der Waals surface area contributed by atoms with Crippen molar-refractivity contribution < 1.29 is 0 Å². The largest absolute Gasteiger partial charge is 0.265 e. The van der Waals surface area contributed by atoms with Crippen molar-refractivity contribution in [3.05, 3.63) is 169 Å². The van der Waals surface area contributed by atoms with Crippen LogP contribution in [-0.4, -0.2) is 41.3 Å². The zero-order valence-corrected chi connectivity index (χ0v) is 25.4. The average molecular weight is 617 g/mol. The van der Waals surface area contributed by atoms with Crippen LogP contribution in [0, 0.1) is 0 Å². The Kier molecular flexibility index (Phi) is 6.61. The molecule has 0 spiro atoms. The molecule has 9 rings (SSSR count). The van der Waals surface area contributed by atoms with E-state index in [9.17, 15) is 0 Å². The van der Waals surface area contributed by atoms with Crippen molar-refractivity contribution in [3.8, 4) is 22.5 Å². The van der Waals surface area contributed by atoms with Crippen LogP contribution in [0.1, 0.15) is 22.5 Å². The first kappa shape index (κ1) is 27.5. The van der Waals surface area contributed by atoms with E-state index < -0.39 is 0 Å². The van der Waals surface area contributed by atoms with Gasteiger partial charge < -0.3 is 0 Å². The maximum absolute atomic E-state index is 5.34. The van der Waals surface area contributed by atoms with E-state index >= 15 is 0 Å². The van der Waals surface area contributed by atoms with Crippen molar-refractivity contribution in [2.75, 3.05) is 0 Å². The molecule has 0 N–H and O–H groups in total. The minimum Gasteiger partial charge on any atom is -0.265 e. The lowest BCUT2D eigenvalue weighted by atomic mass is 10.00. The molecule has 0 atom stereocenters. The summed E-state index contributed by atoms with van der Waals surface area (Å²) in [5, 5.41) is 1.95. The van der Waals surface area contributed by atoms with E-state index in [1.807, 2.05) is 109 Å². The number of rotatable bonds is 4. The van der Waals surface area contributed by atoms with Crippen LogP contribution < -0.4 is 0 Å². The Morgan fingerprint density at radius 3 is 1.25 bits per heavy atom. The van der Waals surface area contributed by atoms with Gasteiger partial charge >= 0.3 is 0 Å².